The van der Waals surface area contributed by atoms with Crippen molar-refractivity contribution in [3.63, 3.8) is 0 Å². The zero-order valence-corrected chi connectivity index (χ0v) is 15.4. The van der Waals surface area contributed by atoms with Crippen LogP contribution >= 0.6 is 0 Å². The summed E-state index contributed by atoms with van der Waals surface area (Å²) in [6.45, 7) is -0.272. The lowest BCUT2D eigenvalue weighted by Gasteiger charge is -2.16. The molecule has 0 saturated heterocycles. The van der Waals surface area contributed by atoms with Crippen LogP contribution in [0.15, 0.2) is 60.9 Å². The van der Waals surface area contributed by atoms with Crippen LogP contribution in [0, 0.1) is 0 Å². The van der Waals surface area contributed by atoms with Gasteiger partial charge in [0.15, 0.2) is 18.2 Å². The molecular weight excluding hydrogens is 401 g/mol. The van der Waals surface area contributed by atoms with Gasteiger partial charge >= 0.3 is 6.18 Å². The number of aromatic nitrogens is 2. The second kappa shape index (κ2) is 8.99. The molecule has 1 amide bonds. The van der Waals surface area contributed by atoms with Crippen LogP contribution in [0.2, 0.25) is 0 Å². The van der Waals surface area contributed by atoms with Gasteiger partial charge in [0.05, 0.1) is 11.3 Å². The predicted octanol–water partition coefficient (Wildman–Crippen LogP) is 3.34. The molecule has 0 atom stereocenters. The van der Waals surface area contributed by atoms with Crippen molar-refractivity contribution in [2.45, 2.75) is 6.18 Å². The number of nitrogens with one attached hydrogen (secondary N) is 3. The number of nitrogens with two attached hydrogens (primary N) is 1. The van der Waals surface area contributed by atoms with Crippen LogP contribution in [0.5, 0.6) is 5.75 Å². The Hall–Kier alpha value is -4.02. The third-order valence-electron chi connectivity index (χ3n) is 3.80. The first-order valence-corrected chi connectivity index (χ1v) is 8.61. The molecule has 0 radical (unpaired) electrons. The molecule has 1 aromatic heterocycles. The van der Waals surface area contributed by atoms with Gasteiger partial charge in [-0.15, -0.1) is 0 Å². The van der Waals surface area contributed by atoms with Gasteiger partial charge in [-0.05, 0) is 24.3 Å². The number of carbonyl (C=O) groups excluding carboxylic acids is 1. The minimum atomic E-state index is -4.56. The van der Waals surface area contributed by atoms with E-state index in [1.807, 2.05) is 6.07 Å². The Morgan fingerprint density at radius 2 is 1.67 bits per heavy atom. The summed E-state index contributed by atoms with van der Waals surface area (Å²) in [7, 11) is 0. The van der Waals surface area contributed by atoms with Crippen molar-refractivity contribution in [1.82, 2.24) is 15.4 Å². The SMILES string of the molecule is Nc1c(NNC(=O)COc2ccccc2)ncnc1Nc1ccccc1C(F)(F)F. The molecule has 1 heterocycles. The molecule has 0 spiro atoms. The number of halogens is 3. The lowest BCUT2D eigenvalue weighted by molar-refractivity contribution is -0.137. The number of amides is 1. The predicted molar refractivity (Wildman–Crippen MR) is 105 cm³/mol. The molecule has 2 aromatic carbocycles. The van der Waals surface area contributed by atoms with E-state index in [9.17, 15) is 18.0 Å². The normalized spacial score (nSPS) is 10.9. The summed E-state index contributed by atoms with van der Waals surface area (Å²) < 4.78 is 44.8. The molecule has 0 saturated carbocycles. The van der Waals surface area contributed by atoms with E-state index in [1.165, 1.54) is 18.2 Å². The first-order valence-electron chi connectivity index (χ1n) is 8.61. The quantitative estimate of drug-likeness (QED) is 0.435. The number of nitrogens with zero attached hydrogens (tertiary/aromatic N) is 2. The van der Waals surface area contributed by atoms with Crippen molar-refractivity contribution in [1.29, 1.82) is 0 Å². The summed E-state index contributed by atoms with van der Waals surface area (Å²) in [5.41, 5.74) is 9.60. The smallest absolute Gasteiger partial charge is 0.418 e. The average molecular weight is 418 g/mol. The second-order valence-electron chi connectivity index (χ2n) is 5.93. The van der Waals surface area contributed by atoms with E-state index in [1.54, 1.807) is 24.3 Å². The Morgan fingerprint density at radius 3 is 2.40 bits per heavy atom. The second-order valence-corrected chi connectivity index (χ2v) is 5.93. The number of rotatable bonds is 7. The topological polar surface area (TPSA) is 114 Å². The summed E-state index contributed by atoms with van der Waals surface area (Å²) in [6, 6.07) is 13.6. The molecule has 0 aliphatic carbocycles. The zero-order valence-electron chi connectivity index (χ0n) is 15.4. The van der Waals surface area contributed by atoms with E-state index in [0.29, 0.717) is 5.75 Å². The van der Waals surface area contributed by atoms with Crippen LogP contribution in [-0.4, -0.2) is 22.5 Å². The maximum atomic E-state index is 13.2. The molecule has 5 N–H and O–H groups in total. The molecule has 156 valence electrons. The van der Waals surface area contributed by atoms with Gasteiger partial charge in [0, 0.05) is 0 Å². The Kier molecular flexibility index (Phi) is 6.20. The lowest BCUT2D eigenvalue weighted by Crippen LogP contribution is -2.34. The Balaban J connectivity index is 1.65. The van der Waals surface area contributed by atoms with E-state index >= 15 is 0 Å². The molecule has 8 nitrogen and oxygen atoms in total. The first-order chi connectivity index (χ1) is 14.3. The van der Waals surface area contributed by atoms with Crippen LogP contribution in [0.1, 0.15) is 5.56 Å². The Labute approximate surface area is 169 Å². The molecular formula is C19H17F3N6O2. The number of hydrogen-bond acceptors (Lipinski definition) is 7. The van der Waals surface area contributed by atoms with E-state index in [4.69, 9.17) is 10.5 Å². The van der Waals surface area contributed by atoms with Crippen LogP contribution in [0.25, 0.3) is 0 Å². The third kappa shape index (κ3) is 5.28. The minimum absolute atomic E-state index is 0.00468. The highest BCUT2D eigenvalue weighted by molar-refractivity contribution is 5.82. The molecule has 0 fully saturated rings. The summed E-state index contributed by atoms with van der Waals surface area (Å²) in [4.78, 5) is 19.7. The van der Waals surface area contributed by atoms with E-state index < -0.39 is 17.6 Å². The molecule has 0 bridgehead atoms. The third-order valence-corrected chi connectivity index (χ3v) is 3.80. The molecule has 3 aromatic rings. The average Bonchev–Trinajstić information content (AvgIpc) is 2.73. The summed E-state index contributed by atoms with van der Waals surface area (Å²) in [5, 5.41) is 2.55. The van der Waals surface area contributed by atoms with Crippen molar-refractivity contribution in [3.05, 3.63) is 66.5 Å². The number of alkyl halides is 3. The highest BCUT2D eigenvalue weighted by atomic mass is 19.4. The van der Waals surface area contributed by atoms with Crippen molar-refractivity contribution in [3.8, 4) is 5.75 Å². The van der Waals surface area contributed by atoms with E-state index in [0.717, 1.165) is 12.4 Å². The van der Waals surface area contributed by atoms with Crippen molar-refractivity contribution < 1.29 is 22.7 Å². The highest BCUT2D eigenvalue weighted by Gasteiger charge is 2.33. The molecule has 30 heavy (non-hydrogen) atoms. The van der Waals surface area contributed by atoms with E-state index in [-0.39, 0.29) is 29.6 Å². The van der Waals surface area contributed by atoms with Gasteiger partial charge < -0.3 is 15.8 Å². The number of para-hydroxylation sites is 2. The maximum Gasteiger partial charge on any atom is 0.418 e. The lowest BCUT2D eigenvalue weighted by atomic mass is 10.1. The van der Waals surface area contributed by atoms with Gasteiger partial charge in [0.2, 0.25) is 0 Å². The number of hydrogen-bond donors (Lipinski definition) is 4. The number of benzene rings is 2. The van der Waals surface area contributed by atoms with Gasteiger partial charge in [-0.3, -0.25) is 15.6 Å². The van der Waals surface area contributed by atoms with Gasteiger partial charge in [-0.2, -0.15) is 13.2 Å². The van der Waals surface area contributed by atoms with Gasteiger partial charge in [0.25, 0.3) is 5.91 Å². The number of anilines is 4. The number of ether oxygens (including phenoxy) is 1. The fraction of sp³-hybridized carbons (Fsp3) is 0.105. The summed E-state index contributed by atoms with van der Waals surface area (Å²) >= 11 is 0. The van der Waals surface area contributed by atoms with Crippen LogP contribution in [-0.2, 0) is 11.0 Å². The Morgan fingerprint density at radius 1 is 1.00 bits per heavy atom. The number of nitrogen functional groups attached to an aromatic ring is 1. The maximum absolute atomic E-state index is 13.2. The molecule has 0 aliphatic heterocycles. The van der Waals surface area contributed by atoms with Gasteiger partial charge in [0.1, 0.15) is 17.8 Å². The largest absolute Gasteiger partial charge is 0.484 e. The first kappa shape index (κ1) is 20.7. The Bertz CT molecular complexity index is 1010. The number of carbonyl (C=O) groups is 1. The standard InChI is InChI=1S/C19H17F3N6O2/c20-19(21,22)13-8-4-5-9-14(13)26-17-16(23)18(25-11-24-17)28-27-15(29)10-30-12-6-2-1-3-7-12/h1-9,11H,10,23H2,(H,27,29)(H2,24,25,26,28). The minimum Gasteiger partial charge on any atom is -0.484 e. The number of hydrazine groups is 1. The summed E-state index contributed by atoms with van der Waals surface area (Å²) in [6.07, 6.45) is -3.47. The molecule has 3 rings (SSSR count). The van der Waals surface area contributed by atoms with Gasteiger partial charge in [-0.1, -0.05) is 30.3 Å². The van der Waals surface area contributed by atoms with Crippen LogP contribution in [0.4, 0.5) is 36.2 Å². The molecule has 0 unspecified atom stereocenters. The highest BCUT2D eigenvalue weighted by Crippen LogP contribution is 2.36. The van der Waals surface area contributed by atoms with Crippen molar-refractivity contribution >= 4 is 28.9 Å². The molecule has 0 aliphatic rings. The van der Waals surface area contributed by atoms with E-state index in [2.05, 4.69) is 26.1 Å². The van der Waals surface area contributed by atoms with Crippen molar-refractivity contribution in [2.24, 2.45) is 0 Å². The summed E-state index contributed by atoms with van der Waals surface area (Å²) in [5.74, 6) is -0.0538. The zero-order chi connectivity index (χ0) is 21.6. The van der Waals surface area contributed by atoms with Gasteiger partial charge in [-0.25, -0.2) is 9.97 Å². The fourth-order valence-corrected chi connectivity index (χ4v) is 2.39. The van der Waals surface area contributed by atoms with Crippen LogP contribution in [0.3, 0.4) is 0 Å². The molecule has 11 heteroatoms. The van der Waals surface area contributed by atoms with Crippen LogP contribution < -0.4 is 26.6 Å². The monoisotopic (exact) mass is 418 g/mol. The fourth-order valence-electron chi connectivity index (χ4n) is 2.39. The van der Waals surface area contributed by atoms with Crippen molar-refractivity contribution in [2.75, 3.05) is 23.1 Å².